The third-order valence-electron chi connectivity index (χ3n) is 5.53. The van der Waals surface area contributed by atoms with Crippen LogP contribution in [0.25, 0.3) is 11.8 Å². The van der Waals surface area contributed by atoms with E-state index in [0.29, 0.717) is 10.1 Å². The number of ether oxygens (including phenoxy) is 1. The minimum Gasteiger partial charge on any atom is -0.497 e. The summed E-state index contributed by atoms with van der Waals surface area (Å²) < 4.78 is 7.42. The Morgan fingerprint density at radius 1 is 1.06 bits per heavy atom. The van der Waals surface area contributed by atoms with E-state index in [1.807, 2.05) is 30.3 Å². The SMILES string of the molecule is COc1ccc(N=C2NC(=O)/C(=C\c3cc(C)n(-c4cccc(C)c4C)c3C)S2)cc1. The van der Waals surface area contributed by atoms with Gasteiger partial charge in [-0.3, -0.25) is 4.79 Å². The summed E-state index contributed by atoms with van der Waals surface area (Å²) in [5.74, 6) is 0.639. The quantitative estimate of drug-likeness (QED) is 0.546. The van der Waals surface area contributed by atoms with Crippen molar-refractivity contribution in [1.82, 2.24) is 9.88 Å². The maximum atomic E-state index is 12.5. The number of aliphatic imine (C=N–C) groups is 1. The van der Waals surface area contributed by atoms with Crippen LogP contribution in [0.1, 0.15) is 28.1 Å². The number of carbonyl (C=O) groups is 1. The maximum absolute atomic E-state index is 12.5. The number of rotatable bonds is 4. The molecular formula is C25H25N3O2S. The molecule has 2 heterocycles. The molecule has 5 nitrogen and oxygen atoms in total. The number of nitrogens with one attached hydrogen (secondary N) is 1. The number of methoxy groups -OCH3 is 1. The van der Waals surface area contributed by atoms with Crippen molar-refractivity contribution in [3.63, 3.8) is 0 Å². The molecule has 1 saturated heterocycles. The van der Waals surface area contributed by atoms with E-state index in [2.05, 4.69) is 66.8 Å². The summed E-state index contributed by atoms with van der Waals surface area (Å²) in [5.41, 5.74) is 7.71. The molecule has 0 bridgehead atoms. The van der Waals surface area contributed by atoms with Gasteiger partial charge in [-0.05, 0) is 98.6 Å². The molecule has 31 heavy (non-hydrogen) atoms. The Kier molecular flexibility index (Phi) is 5.74. The van der Waals surface area contributed by atoms with Gasteiger partial charge in [0.2, 0.25) is 0 Å². The van der Waals surface area contributed by atoms with Gasteiger partial charge in [0, 0.05) is 17.1 Å². The molecule has 6 heteroatoms. The first-order valence-electron chi connectivity index (χ1n) is 10.1. The molecule has 4 rings (SSSR count). The van der Waals surface area contributed by atoms with E-state index >= 15 is 0 Å². The molecule has 0 radical (unpaired) electrons. The Morgan fingerprint density at radius 2 is 1.81 bits per heavy atom. The number of nitrogens with zero attached hydrogens (tertiary/aromatic N) is 2. The van der Waals surface area contributed by atoms with Crippen LogP contribution < -0.4 is 10.1 Å². The largest absolute Gasteiger partial charge is 0.497 e. The smallest absolute Gasteiger partial charge is 0.264 e. The van der Waals surface area contributed by atoms with Crippen molar-refractivity contribution in [1.29, 1.82) is 0 Å². The van der Waals surface area contributed by atoms with Crippen molar-refractivity contribution in [3.8, 4) is 11.4 Å². The molecule has 0 saturated carbocycles. The molecule has 1 amide bonds. The predicted molar refractivity (Wildman–Crippen MR) is 129 cm³/mol. The van der Waals surface area contributed by atoms with Crippen LogP contribution in [0.4, 0.5) is 5.69 Å². The molecule has 1 fully saturated rings. The van der Waals surface area contributed by atoms with Crippen LogP contribution in [0.2, 0.25) is 0 Å². The highest BCUT2D eigenvalue weighted by atomic mass is 32.2. The zero-order valence-electron chi connectivity index (χ0n) is 18.3. The van der Waals surface area contributed by atoms with Crippen LogP contribution in [-0.4, -0.2) is 22.8 Å². The monoisotopic (exact) mass is 431 g/mol. The Bertz CT molecular complexity index is 1220. The van der Waals surface area contributed by atoms with Gasteiger partial charge in [-0.1, -0.05) is 12.1 Å². The number of amides is 1. The Balaban J connectivity index is 1.64. The van der Waals surface area contributed by atoms with E-state index in [1.54, 1.807) is 7.11 Å². The second-order valence-corrected chi connectivity index (χ2v) is 8.59. The lowest BCUT2D eigenvalue weighted by atomic mass is 10.1. The second-order valence-electron chi connectivity index (χ2n) is 7.56. The number of amidine groups is 1. The fourth-order valence-electron chi connectivity index (χ4n) is 3.68. The molecule has 3 aromatic rings. The number of benzene rings is 2. The Labute approximate surface area is 186 Å². The fourth-order valence-corrected chi connectivity index (χ4v) is 4.51. The van der Waals surface area contributed by atoms with Crippen LogP contribution in [-0.2, 0) is 4.79 Å². The summed E-state index contributed by atoms with van der Waals surface area (Å²) in [5, 5.41) is 3.43. The summed E-state index contributed by atoms with van der Waals surface area (Å²) >= 11 is 1.35. The van der Waals surface area contributed by atoms with Gasteiger partial charge in [0.05, 0.1) is 17.7 Å². The highest BCUT2D eigenvalue weighted by molar-refractivity contribution is 8.18. The first-order valence-corrected chi connectivity index (χ1v) is 10.9. The van der Waals surface area contributed by atoms with E-state index in [-0.39, 0.29) is 5.91 Å². The minimum atomic E-state index is -0.131. The first kappa shape index (κ1) is 21.0. The van der Waals surface area contributed by atoms with Crippen LogP contribution >= 0.6 is 11.8 Å². The second kappa shape index (κ2) is 8.47. The van der Waals surface area contributed by atoms with Gasteiger partial charge in [0.25, 0.3) is 5.91 Å². The third-order valence-corrected chi connectivity index (χ3v) is 6.44. The number of hydrogen-bond acceptors (Lipinski definition) is 4. The summed E-state index contributed by atoms with van der Waals surface area (Å²) in [7, 11) is 1.63. The fraction of sp³-hybridized carbons (Fsp3) is 0.200. The van der Waals surface area contributed by atoms with Gasteiger partial charge in [-0.25, -0.2) is 4.99 Å². The molecule has 1 aliphatic heterocycles. The van der Waals surface area contributed by atoms with Gasteiger partial charge in [-0.2, -0.15) is 0 Å². The number of thioether (sulfide) groups is 1. The molecular weight excluding hydrogens is 406 g/mol. The zero-order valence-corrected chi connectivity index (χ0v) is 19.1. The Morgan fingerprint density at radius 3 is 2.52 bits per heavy atom. The third kappa shape index (κ3) is 4.16. The molecule has 1 aliphatic rings. The van der Waals surface area contributed by atoms with Gasteiger partial charge < -0.3 is 14.6 Å². The van der Waals surface area contributed by atoms with Crippen LogP contribution in [0.3, 0.4) is 0 Å². The molecule has 0 unspecified atom stereocenters. The molecule has 0 atom stereocenters. The van der Waals surface area contributed by atoms with Crippen LogP contribution in [0.15, 0.2) is 58.4 Å². The summed E-state index contributed by atoms with van der Waals surface area (Å²) in [6.07, 6.45) is 1.94. The van der Waals surface area contributed by atoms with Crippen molar-refractivity contribution < 1.29 is 9.53 Å². The molecule has 1 N–H and O–H groups in total. The van der Waals surface area contributed by atoms with Crippen molar-refractivity contribution >= 4 is 34.6 Å². The number of hydrogen-bond donors (Lipinski definition) is 1. The zero-order chi connectivity index (χ0) is 22.1. The summed E-state index contributed by atoms with van der Waals surface area (Å²) in [6.45, 7) is 8.45. The molecule has 2 aromatic carbocycles. The van der Waals surface area contributed by atoms with Gasteiger partial charge >= 0.3 is 0 Å². The molecule has 0 aliphatic carbocycles. The number of aryl methyl sites for hydroxylation is 2. The van der Waals surface area contributed by atoms with Crippen molar-refractivity contribution in [2.24, 2.45) is 4.99 Å². The first-order chi connectivity index (χ1) is 14.9. The van der Waals surface area contributed by atoms with E-state index in [9.17, 15) is 4.79 Å². The highest BCUT2D eigenvalue weighted by Gasteiger charge is 2.24. The van der Waals surface area contributed by atoms with Crippen LogP contribution in [0.5, 0.6) is 5.75 Å². The van der Waals surface area contributed by atoms with Crippen molar-refractivity contribution in [2.45, 2.75) is 27.7 Å². The lowest BCUT2D eigenvalue weighted by molar-refractivity contribution is -0.115. The molecule has 158 valence electrons. The van der Waals surface area contributed by atoms with Gasteiger partial charge in [0.15, 0.2) is 5.17 Å². The summed E-state index contributed by atoms with van der Waals surface area (Å²) in [6, 6.07) is 15.9. The number of carbonyl (C=O) groups excluding carboxylic acids is 1. The normalized spacial score (nSPS) is 16.2. The van der Waals surface area contributed by atoms with Gasteiger partial charge in [-0.15, -0.1) is 0 Å². The average Bonchev–Trinajstić information content (AvgIpc) is 3.23. The average molecular weight is 432 g/mol. The summed E-state index contributed by atoms with van der Waals surface area (Å²) in [4.78, 5) is 17.7. The van der Waals surface area contributed by atoms with E-state index in [4.69, 9.17) is 4.74 Å². The van der Waals surface area contributed by atoms with Crippen LogP contribution in [0, 0.1) is 27.7 Å². The lowest BCUT2D eigenvalue weighted by Crippen LogP contribution is -2.19. The van der Waals surface area contributed by atoms with Crippen molar-refractivity contribution in [2.75, 3.05) is 7.11 Å². The van der Waals surface area contributed by atoms with Crippen molar-refractivity contribution in [3.05, 3.63) is 81.5 Å². The van der Waals surface area contributed by atoms with Gasteiger partial charge in [0.1, 0.15) is 5.75 Å². The Hall–Kier alpha value is -3.25. The molecule has 1 aromatic heterocycles. The van der Waals surface area contributed by atoms with E-state index < -0.39 is 0 Å². The highest BCUT2D eigenvalue weighted by Crippen LogP contribution is 2.31. The number of aromatic nitrogens is 1. The maximum Gasteiger partial charge on any atom is 0.264 e. The lowest BCUT2D eigenvalue weighted by Gasteiger charge is -2.14. The van der Waals surface area contributed by atoms with E-state index in [0.717, 1.165) is 28.4 Å². The van der Waals surface area contributed by atoms with E-state index in [1.165, 1.54) is 28.6 Å². The minimum absolute atomic E-state index is 0.131. The topological polar surface area (TPSA) is 55.6 Å². The predicted octanol–water partition coefficient (Wildman–Crippen LogP) is 5.61. The standard InChI is InChI=1S/C25H25N3O2S/c1-15-7-6-8-22(17(15)3)28-16(2)13-19(18(28)4)14-23-24(29)27-25(31-23)26-20-9-11-21(30-5)12-10-20/h6-14H,1-5H3,(H,26,27,29)/b23-14+. The molecule has 0 spiro atoms.